The van der Waals surface area contributed by atoms with E-state index in [0.29, 0.717) is 11.7 Å². The highest BCUT2D eigenvalue weighted by atomic mass is 32.2. The summed E-state index contributed by atoms with van der Waals surface area (Å²) in [6.07, 6.45) is 9.66. The fourth-order valence-electron chi connectivity index (χ4n) is 4.41. The first kappa shape index (κ1) is 23.0. The summed E-state index contributed by atoms with van der Waals surface area (Å²) in [4.78, 5) is 18.2. The molecule has 1 unspecified atom stereocenters. The van der Waals surface area contributed by atoms with E-state index in [4.69, 9.17) is 4.98 Å². The molecule has 0 bridgehead atoms. The molecule has 3 aromatic rings. The van der Waals surface area contributed by atoms with Crippen molar-refractivity contribution in [2.24, 2.45) is 0 Å². The Balaban J connectivity index is 1.48. The number of aromatic amines is 1. The molecule has 2 aromatic heterocycles. The van der Waals surface area contributed by atoms with Gasteiger partial charge < -0.3 is 0 Å². The minimum atomic E-state index is -0.120. The molecule has 32 heavy (non-hydrogen) atoms. The van der Waals surface area contributed by atoms with Gasteiger partial charge in [0.25, 0.3) is 0 Å². The van der Waals surface area contributed by atoms with Crippen molar-refractivity contribution < 1.29 is 4.79 Å². The van der Waals surface area contributed by atoms with Crippen LogP contribution in [0.2, 0.25) is 0 Å². The van der Waals surface area contributed by atoms with Crippen LogP contribution >= 0.6 is 11.8 Å². The van der Waals surface area contributed by atoms with Crippen molar-refractivity contribution in [3.05, 3.63) is 53.3 Å². The zero-order chi connectivity index (χ0) is 22.7. The van der Waals surface area contributed by atoms with E-state index in [2.05, 4.69) is 49.2 Å². The molecular weight excluding hydrogens is 414 g/mol. The number of carbonyl (C=O) groups is 1. The Morgan fingerprint density at radius 3 is 2.69 bits per heavy atom. The Morgan fingerprint density at radius 1 is 1.16 bits per heavy atom. The molecule has 1 N–H and O–H groups in total. The van der Waals surface area contributed by atoms with Crippen molar-refractivity contribution in [1.82, 2.24) is 15.2 Å². The molecule has 0 saturated heterocycles. The number of fused-ring (bicyclic) bond motifs is 1. The van der Waals surface area contributed by atoms with Gasteiger partial charge in [-0.3, -0.25) is 9.89 Å². The smallest absolute Gasteiger partial charge is 0.140 e. The van der Waals surface area contributed by atoms with Gasteiger partial charge in [-0.25, -0.2) is 4.98 Å². The van der Waals surface area contributed by atoms with Gasteiger partial charge in [-0.05, 0) is 48.6 Å². The predicted octanol–water partition coefficient (Wildman–Crippen LogP) is 6.99. The van der Waals surface area contributed by atoms with Crippen molar-refractivity contribution >= 4 is 28.4 Å². The van der Waals surface area contributed by atoms with Gasteiger partial charge in [-0.1, -0.05) is 59.1 Å². The molecule has 0 amide bonds. The maximum absolute atomic E-state index is 13.1. The minimum Gasteiger partial charge on any atom is -0.299 e. The third kappa shape index (κ3) is 5.43. The molecule has 1 aliphatic carbocycles. The summed E-state index contributed by atoms with van der Waals surface area (Å²) in [5.74, 6) is 0.159. The summed E-state index contributed by atoms with van der Waals surface area (Å²) in [7, 11) is 0. The molecule has 5 heteroatoms. The van der Waals surface area contributed by atoms with E-state index >= 15 is 0 Å². The van der Waals surface area contributed by atoms with E-state index in [1.807, 2.05) is 37.0 Å². The molecular formula is C27H35N3OS. The second-order valence-corrected chi connectivity index (χ2v) is 11.5. The average molecular weight is 450 g/mol. The Hall–Kier alpha value is -2.14. The van der Waals surface area contributed by atoms with Crippen molar-refractivity contribution in [3.63, 3.8) is 0 Å². The van der Waals surface area contributed by atoms with Crippen molar-refractivity contribution in [2.45, 2.75) is 94.2 Å². The number of nitrogens with one attached hydrogen (secondary N) is 1. The molecule has 170 valence electrons. The molecule has 4 nitrogen and oxygen atoms in total. The molecule has 1 aliphatic rings. The number of benzene rings is 1. The Bertz CT molecular complexity index is 1080. The number of Topliss-reactive ketones (excluding diaryl/α,β-unsaturated/α-hetero) is 1. The molecule has 1 saturated carbocycles. The van der Waals surface area contributed by atoms with Crippen LogP contribution in [0.5, 0.6) is 0 Å². The third-order valence-corrected chi connectivity index (χ3v) is 8.01. The van der Waals surface area contributed by atoms with Gasteiger partial charge >= 0.3 is 0 Å². The predicted molar refractivity (Wildman–Crippen MR) is 134 cm³/mol. The minimum absolute atomic E-state index is 0.0243. The number of carbonyl (C=O) groups excluding carboxylic acids is 1. The highest BCUT2D eigenvalue weighted by molar-refractivity contribution is 7.99. The second kappa shape index (κ2) is 9.78. The van der Waals surface area contributed by atoms with Crippen LogP contribution < -0.4 is 0 Å². The fourth-order valence-corrected chi connectivity index (χ4v) is 5.77. The van der Waals surface area contributed by atoms with Gasteiger partial charge in [0, 0.05) is 34.1 Å². The molecule has 1 aromatic carbocycles. The number of pyridine rings is 1. The standard InChI is InChI=1S/C27H35N3OS/c1-18(20-10-13-23-21(16-20)17-28-30-23)24(31)14-11-19-12-15-25(27(2,3)4)29-26(19)32-22-8-6-5-7-9-22/h10,12-13,15-18,22H,5-9,11,14H2,1-4H3,(H,28,30). The van der Waals surface area contributed by atoms with Gasteiger partial charge in [0.2, 0.25) is 0 Å². The first-order valence-corrected chi connectivity index (χ1v) is 12.8. The van der Waals surface area contributed by atoms with Gasteiger partial charge in [0.15, 0.2) is 0 Å². The molecule has 1 fully saturated rings. The van der Waals surface area contributed by atoms with Crippen LogP contribution in [0.1, 0.15) is 89.0 Å². The van der Waals surface area contributed by atoms with Gasteiger partial charge in [0.05, 0.1) is 16.7 Å². The summed E-state index contributed by atoms with van der Waals surface area (Å²) < 4.78 is 0. The first-order chi connectivity index (χ1) is 15.3. The second-order valence-electron chi connectivity index (χ2n) is 10.2. The molecule has 1 atom stereocenters. The number of aryl methyl sites for hydroxylation is 1. The SMILES string of the molecule is CC(C(=O)CCc1ccc(C(C)(C)C)nc1SC1CCCCC1)c1ccc2[nH]ncc2c1. The molecule has 2 heterocycles. The molecule has 0 aliphatic heterocycles. The Kier molecular flexibility index (Phi) is 7.04. The number of rotatable bonds is 7. The summed E-state index contributed by atoms with van der Waals surface area (Å²) in [6.45, 7) is 8.66. The maximum Gasteiger partial charge on any atom is 0.140 e. The summed E-state index contributed by atoms with van der Waals surface area (Å²) in [5.41, 5.74) is 4.44. The Labute approximate surface area is 196 Å². The topological polar surface area (TPSA) is 58.6 Å². The van der Waals surface area contributed by atoms with Crippen LogP contribution in [-0.4, -0.2) is 26.2 Å². The highest BCUT2D eigenvalue weighted by Crippen LogP contribution is 2.36. The van der Waals surface area contributed by atoms with Crippen LogP contribution in [0.15, 0.2) is 41.6 Å². The number of thioether (sulfide) groups is 1. The first-order valence-electron chi connectivity index (χ1n) is 11.9. The largest absolute Gasteiger partial charge is 0.299 e. The van der Waals surface area contributed by atoms with Crippen molar-refractivity contribution in [3.8, 4) is 0 Å². The van der Waals surface area contributed by atoms with Crippen LogP contribution in [0, 0.1) is 0 Å². The fraction of sp³-hybridized carbons (Fsp3) is 0.519. The van der Waals surface area contributed by atoms with E-state index in [0.717, 1.165) is 33.6 Å². The lowest BCUT2D eigenvalue weighted by molar-refractivity contribution is -0.120. The monoisotopic (exact) mass is 449 g/mol. The van der Waals surface area contributed by atoms with Crippen LogP contribution in [-0.2, 0) is 16.6 Å². The lowest BCUT2D eigenvalue weighted by Gasteiger charge is -2.24. The van der Waals surface area contributed by atoms with E-state index in [9.17, 15) is 4.79 Å². The lowest BCUT2D eigenvalue weighted by Crippen LogP contribution is -2.16. The number of ketones is 1. The van der Waals surface area contributed by atoms with E-state index < -0.39 is 0 Å². The van der Waals surface area contributed by atoms with E-state index in [1.54, 1.807) is 0 Å². The van der Waals surface area contributed by atoms with E-state index in [-0.39, 0.29) is 17.1 Å². The van der Waals surface area contributed by atoms with Crippen LogP contribution in [0.3, 0.4) is 0 Å². The quantitative estimate of drug-likeness (QED) is 0.422. The van der Waals surface area contributed by atoms with E-state index in [1.165, 1.54) is 37.7 Å². The third-order valence-electron chi connectivity index (χ3n) is 6.63. The van der Waals surface area contributed by atoms with Crippen molar-refractivity contribution in [1.29, 1.82) is 0 Å². The average Bonchev–Trinajstić information content (AvgIpc) is 3.25. The number of hydrogen-bond donors (Lipinski definition) is 1. The number of hydrogen-bond acceptors (Lipinski definition) is 4. The number of nitrogens with zero attached hydrogens (tertiary/aromatic N) is 2. The van der Waals surface area contributed by atoms with Crippen LogP contribution in [0.25, 0.3) is 10.9 Å². The van der Waals surface area contributed by atoms with Gasteiger partial charge in [-0.2, -0.15) is 5.10 Å². The molecule has 4 rings (SSSR count). The summed E-state index contributed by atoms with van der Waals surface area (Å²) in [5, 5.41) is 9.91. The van der Waals surface area contributed by atoms with Crippen LogP contribution in [0.4, 0.5) is 0 Å². The molecule has 0 spiro atoms. The zero-order valence-electron chi connectivity index (χ0n) is 19.8. The summed E-state index contributed by atoms with van der Waals surface area (Å²) in [6, 6.07) is 10.5. The number of aromatic nitrogens is 3. The van der Waals surface area contributed by atoms with Crippen molar-refractivity contribution in [2.75, 3.05) is 0 Å². The Morgan fingerprint density at radius 2 is 1.94 bits per heavy atom. The van der Waals surface area contributed by atoms with Gasteiger partial charge in [-0.15, -0.1) is 11.8 Å². The lowest BCUT2D eigenvalue weighted by atomic mass is 9.90. The molecule has 0 radical (unpaired) electrons. The zero-order valence-corrected chi connectivity index (χ0v) is 20.6. The number of H-pyrrole nitrogens is 1. The highest BCUT2D eigenvalue weighted by Gasteiger charge is 2.22. The van der Waals surface area contributed by atoms with Gasteiger partial charge in [0.1, 0.15) is 5.78 Å². The normalized spacial score (nSPS) is 16.4. The maximum atomic E-state index is 13.1. The summed E-state index contributed by atoms with van der Waals surface area (Å²) >= 11 is 1.95.